The molecule has 1 aliphatic heterocycles. The van der Waals surface area contributed by atoms with Gasteiger partial charge in [-0.3, -0.25) is 4.79 Å². The first-order valence-corrected chi connectivity index (χ1v) is 15.3. The van der Waals surface area contributed by atoms with Crippen LogP contribution in [0.25, 0.3) is 0 Å². The normalized spacial score (nSPS) is 20.2. The van der Waals surface area contributed by atoms with E-state index in [4.69, 9.17) is 26.4 Å². The van der Waals surface area contributed by atoms with Crippen molar-refractivity contribution in [3.63, 3.8) is 0 Å². The lowest BCUT2D eigenvalue weighted by Gasteiger charge is -2.39. The van der Waals surface area contributed by atoms with Crippen molar-refractivity contribution in [1.29, 1.82) is 0 Å². The molecule has 2 aromatic carbocycles. The van der Waals surface area contributed by atoms with E-state index in [1.165, 1.54) is 40.5 Å². The van der Waals surface area contributed by atoms with Crippen molar-refractivity contribution in [1.82, 2.24) is 9.88 Å². The molecule has 0 spiro atoms. The summed E-state index contributed by atoms with van der Waals surface area (Å²) in [6, 6.07) is 9.90. The van der Waals surface area contributed by atoms with Gasteiger partial charge in [-0.25, -0.2) is 14.2 Å². The highest BCUT2D eigenvalue weighted by Crippen LogP contribution is 2.51. The molecule has 2 heterocycles. The highest BCUT2D eigenvalue weighted by atomic mass is 32.1. The molecule has 230 valence electrons. The molecule has 3 atom stereocenters. The topological polar surface area (TPSA) is 98.2 Å². The summed E-state index contributed by atoms with van der Waals surface area (Å²) >= 11 is 6.63. The Bertz CT molecular complexity index is 1460. The lowest BCUT2D eigenvalue weighted by Crippen LogP contribution is -2.54. The summed E-state index contributed by atoms with van der Waals surface area (Å²) < 4.78 is 30.3. The molecule has 8 nitrogen and oxygen atoms in total. The van der Waals surface area contributed by atoms with Crippen LogP contribution in [-0.2, 0) is 14.9 Å². The van der Waals surface area contributed by atoms with E-state index in [-0.39, 0.29) is 36.0 Å². The van der Waals surface area contributed by atoms with Crippen molar-refractivity contribution in [3.8, 4) is 11.5 Å². The number of hydrogen-bond acceptors (Lipinski definition) is 8. The second-order valence-electron chi connectivity index (χ2n) is 12.2. The van der Waals surface area contributed by atoms with E-state index in [1.807, 2.05) is 19.9 Å². The number of aromatic nitrogens is 1. The number of aliphatic carboxylic acids is 1. The number of nitrogens with zero attached hydrogens (tertiary/aromatic N) is 2. The van der Waals surface area contributed by atoms with Gasteiger partial charge in [0.25, 0.3) is 5.91 Å². The third-order valence-electron chi connectivity index (χ3n) is 7.54. The highest BCUT2D eigenvalue weighted by Gasteiger charge is 2.60. The standard InChI is InChI=1S/C32H37FN2O6S2/c1-19(2)16-32(29(37)38)17-21(18-40-30(42)41-23-10-8-22(33)9-11-23)26(27-34-13-14-43-27)35(32)28(36)20-7-12-24(31(3,4)5)25(15-20)39-6/h7-15,19,21,26H,16-18H2,1-6H3,(H,37,38)/t21-,26?,32-/m0/s1. The van der Waals surface area contributed by atoms with Crippen LogP contribution in [0.3, 0.4) is 0 Å². The van der Waals surface area contributed by atoms with Crippen LogP contribution in [0.4, 0.5) is 4.39 Å². The number of carbonyl (C=O) groups is 2. The number of likely N-dealkylation sites (tertiary alicyclic amines) is 1. The number of rotatable bonds is 9. The fourth-order valence-corrected chi connectivity index (χ4v) is 6.79. The largest absolute Gasteiger partial charge is 0.496 e. The number of carbonyl (C=O) groups excluding carboxylic acids is 1. The smallest absolute Gasteiger partial charge is 0.357 e. The molecule has 0 saturated carbocycles. The minimum absolute atomic E-state index is 0.0204. The summed E-state index contributed by atoms with van der Waals surface area (Å²) in [5.74, 6) is -1.60. The first-order chi connectivity index (χ1) is 20.3. The van der Waals surface area contributed by atoms with Gasteiger partial charge in [0.1, 0.15) is 27.9 Å². The number of ether oxygens (including phenoxy) is 3. The number of thiazole rings is 1. The SMILES string of the molecule is COc1cc(C(=O)N2C(c3nccs3)[C@H](COC(=S)Oc3ccc(F)cc3)C[C@@]2(CC(C)C)C(=O)O)ccc1C(C)(C)C. The van der Waals surface area contributed by atoms with Crippen LogP contribution in [0.15, 0.2) is 54.0 Å². The molecule has 11 heteroatoms. The zero-order valence-corrected chi connectivity index (χ0v) is 26.8. The van der Waals surface area contributed by atoms with Crippen LogP contribution in [0.5, 0.6) is 11.5 Å². The Morgan fingerprint density at radius 2 is 1.91 bits per heavy atom. The van der Waals surface area contributed by atoms with E-state index in [1.54, 1.807) is 30.8 Å². The van der Waals surface area contributed by atoms with Gasteiger partial charge in [0.15, 0.2) is 0 Å². The van der Waals surface area contributed by atoms with Crippen molar-refractivity contribution >= 4 is 40.7 Å². The van der Waals surface area contributed by atoms with Gasteiger partial charge < -0.3 is 24.2 Å². The van der Waals surface area contributed by atoms with Gasteiger partial charge in [-0.15, -0.1) is 11.3 Å². The molecule has 4 rings (SSSR count). The first kappa shape index (κ1) is 32.3. The molecular formula is C32H37FN2O6S2. The van der Waals surface area contributed by atoms with Crippen LogP contribution in [0, 0.1) is 17.7 Å². The van der Waals surface area contributed by atoms with E-state index in [2.05, 4.69) is 25.8 Å². The Balaban J connectivity index is 1.74. The number of methoxy groups -OCH3 is 1. The fraction of sp³-hybridized carbons (Fsp3) is 0.438. The zero-order valence-electron chi connectivity index (χ0n) is 25.1. The van der Waals surface area contributed by atoms with Gasteiger partial charge in [0.2, 0.25) is 0 Å². The van der Waals surface area contributed by atoms with E-state index in [0.717, 1.165) is 5.56 Å². The van der Waals surface area contributed by atoms with E-state index < -0.39 is 35.2 Å². The third kappa shape index (κ3) is 6.99. The maximum atomic E-state index is 14.5. The summed E-state index contributed by atoms with van der Waals surface area (Å²) in [7, 11) is 1.55. The molecule has 1 saturated heterocycles. The molecule has 3 aromatic rings. The molecular weight excluding hydrogens is 591 g/mol. The predicted octanol–water partition coefficient (Wildman–Crippen LogP) is 7.04. The minimum Gasteiger partial charge on any atom is -0.496 e. The Kier molecular flexibility index (Phi) is 9.76. The Labute approximate surface area is 260 Å². The summed E-state index contributed by atoms with van der Waals surface area (Å²) in [6.45, 7) is 10.0. The Morgan fingerprint density at radius 1 is 1.21 bits per heavy atom. The van der Waals surface area contributed by atoms with Gasteiger partial charge in [0.05, 0.1) is 19.8 Å². The minimum atomic E-state index is -1.54. The third-order valence-corrected chi connectivity index (χ3v) is 8.59. The number of hydrogen-bond donors (Lipinski definition) is 1. The summed E-state index contributed by atoms with van der Waals surface area (Å²) in [4.78, 5) is 33.7. The Morgan fingerprint density at radius 3 is 2.47 bits per heavy atom. The van der Waals surface area contributed by atoms with E-state index >= 15 is 0 Å². The molecule has 1 unspecified atom stereocenters. The molecule has 43 heavy (non-hydrogen) atoms. The lowest BCUT2D eigenvalue weighted by atomic mass is 9.83. The monoisotopic (exact) mass is 628 g/mol. The predicted molar refractivity (Wildman–Crippen MR) is 166 cm³/mol. The van der Waals surface area contributed by atoms with Crippen molar-refractivity contribution in [2.24, 2.45) is 11.8 Å². The van der Waals surface area contributed by atoms with Crippen molar-refractivity contribution < 1.29 is 33.3 Å². The van der Waals surface area contributed by atoms with E-state index in [0.29, 0.717) is 22.1 Å². The number of thiocarbonyl (C=S) groups is 1. The number of carboxylic acid groups (broad SMARTS) is 1. The van der Waals surface area contributed by atoms with Gasteiger partial charge >= 0.3 is 11.2 Å². The molecule has 1 amide bonds. The van der Waals surface area contributed by atoms with Crippen LogP contribution in [0.2, 0.25) is 0 Å². The second-order valence-corrected chi connectivity index (χ2v) is 13.4. The van der Waals surface area contributed by atoms with Gasteiger partial charge in [-0.05, 0) is 66.1 Å². The van der Waals surface area contributed by atoms with Gasteiger partial charge in [-0.2, -0.15) is 0 Å². The quantitative estimate of drug-likeness (QED) is 0.252. The summed E-state index contributed by atoms with van der Waals surface area (Å²) in [5.41, 5.74) is -0.525. The van der Waals surface area contributed by atoms with Crippen LogP contribution < -0.4 is 9.47 Å². The van der Waals surface area contributed by atoms with Crippen molar-refractivity contribution in [2.45, 2.75) is 64.5 Å². The second kappa shape index (κ2) is 13.0. The number of benzene rings is 2. The van der Waals surface area contributed by atoms with E-state index in [9.17, 15) is 19.1 Å². The van der Waals surface area contributed by atoms with Gasteiger partial charge in [-0.1, -0.05) is 40.7 Å². The molecule has 1 fully saturated rings. The van der Waals surface area contributed by atoms with Crippen LogP contribution in [-0.4, -0.2) is 51.4 Å². The fourth-order valence-electron chi connectivity index (χ4n) is 5.81. The lowest BCUT2D eigenvalue weighted by molar-refractivity contribution is -0.150. The average Bonchev–Trinajstić information content (AvgIpc) is 3.58. The molecule has 0 bridgehead atoms. The molecule has 1 aliphatic rings. The van der Waals surface area contributed by atoms with Crippen molar-refractivity contribution in [2.75, 3.05) is 13.7 Å². The molecule has 1 N–H and O–H groups in total. The number of carboxylic acids is 1. The summed E-state index contributed by atoms with van der Waals surface area (Å²) in [6.07, 6.45) is 1.97. The molecule has 0 aliphatic carbocycles. The first-order valence-electron chi connectivity index (χ1n) is 14.0. The number of amides is 1. The highest BCUT2D eigenvalue weighted by molar-refractivity contribution is 7.79. The zero-order chi connectivity index (χ0) is 31.5. The number of halogens is 1. The maximum absolute atomic E-state index is 14.5. The van der Waals surface area contributed by atoms with Crippen molar-refractivity contribution in [3.05, 3.63) is 76.0 Å². The van der Waals surface area contributed by atoms with Crippen LogP contribution >= 0.6 is 23.6 Å². The maximum Gasteiger partial charge on any atom is 0.357 e. The average molecular weight is 629 g/mol. The summed E-state index contributed by atoms with van der Waals surface area (Å²) in [5, 5.41) is 13.0. The van der Waals surface area contributed by atoms with Gasteiger partial charge in [0, 0.05) is 35.3 Å². The molecule has 1 aromatic heterocycles. The molecule has 0 radical (unpaired) electrons. The Hall–Kier alpha value is -3.57. The van der Waals surface area contributed by atoms with Crippen LogP contribution in [0.1, 0.15) is 74.4 Å².